The minimum atomic E-state index is -1.21. The van der Waals surface area contributed by atoms with Crippen LogP contribution in [-0.4, -0.2) is 24.2 Å². The van der Waals surface area contributed by atoms with Gasteiger partial charge in [-0.05, 0) is 24.6 Å². The Kier molecular flexibility index (Phi) is 3.70. The summed E-state index contributed by atoms with van der Waals surface area (Å²) in [6.45, 7) is 1.51. The van der Waals surface area contributed by atoms with Crippen LogP contribution in [0.3, 0.4) is 0 Å². The van der Waals surface area contributed by atoms with Gasteiger partial charge in [-0.15, -0.1) is 0 Å². The fraction of sp³-hybridized carbons (Fsp3) is 0.273. The van der Waals surface area contributed by atoms with Gasteiger partial charge in [-0.3, -0.25) is 4.79 Å². The third-order valence-electron chi connectivity index (χ3n) is 2.23. The molecule has 1 rings (SSSR count). The number of rotatable bonds is 3. The summed E-state index contributed by atoms with van der Waals surface area (Å²) < 4.78 is 3.35. The molecular weight excluding hydrogens is 276 g/mol. The zero-order chi connectivity index (χ0) is 12.3. The molecule has 4 nitrogen and oxygen atoms in total. The molecule has 0 aliphatic rings. The molecule has 1 atom stereocenters. The molecule has 5 heteroatoms. The molecule has 0 heterocycles. The van der Waals surface area contributed by atoms with Gasteiger partial charge in [-0.1, -0.05) is 28.1 Å². The van der Waals surface area contributed by atoms with Gasteiger partial charge in [-0.25, -0.2) is 4.79 Å². The predicted molar refractivity (Wildman–Crippen MR) is 61.7 cm³/mol. The zero-order valence-electron chi connectivity index (χ0n) is 8.86. The second-order valence-corrected chi connectivity index (χ2v) is 4.97. The number of esters is 1. The lowest BCUT2D eigenvalue weighted by atomic mass is 9.99. The summed E-state index contributed by atoms with van der Waals surface area (Å²) in [6, 6.07) is 6.31. The average molecular weight is 287 g/mol. The second kappa shape index (κ2) is 4.65. The molecule has 0 radical (unpaired) electrons. The normalized spacial score (nSPS) is 13.9. The molecular formula is C11H11BrO4. The summed E-state index contributed by atoms with van der Waals surface area (Å²) in [4.78, 5) is 22.3. The molecule has 0 aliphatic carbocycles. The van der Waals surface area contributed by atoms with Crippen LogP contribution >= 0.6 is 15.9 Å². The lowest BCUT2D eigenvalue weighted by Crippen LogP contribution is -2.25. The molecule has 86 valence electrons. The standard InChI is InChI=1S/C11H11BrO4/c1-11(12,10(14)15)8-5-3-4-7(6-8)9(13)16-2/h3-6H,1-2H3,(H,14,15). The maximum atomic E-state index is 11.3. The van der Waals surface area contributed by atoms with Gasteiger partial charge in [0.2, 0.25) is 0 Å². The van der Waals surface area contributed by atoms with E-state index in [9.17, 15) is 9.59 Å². The molecule has 0 saturated heterocycles. The van der Waals surface area contributed by atoms with E-state index in [1.165, 1.54) is 20.1 Å². The van der Waals surface area contributed by atoms with Crippen molar-refractivity contribution in [2.75, 3.05) is 7.11 Å². The SMILES string of the molecule is COC(=O)c1cccc(C(C)(Br)C(=O)O)c1. The van der Waals surface area contributed by atoms with E-state index < -0.39 is 16.3 Å². The Balaban J connectivity index is 3.17. The molecule has 0 saturated carbocycles. The Labute approximate surface area is 101 Å². The smallest absolute Gasteiger partial charge is 0.337 e. The molecule has 0 spiro atoms. The van der Waals surface area contributed by atoms with Crippen molar-refractivity contribution in [1.82, 2.24) is 0 Å². The molecule has 1 N–H and O–H groups in total. The quantitative estimate of drug-likeness (QED) is 0.683. The fourth-order valence-electron chi connectivity index (χ4n) is 1.18. The Hall–Kier alpha value is -1.36. The lowest BCUT2D eigenvalue weighted by Gasteiger charge is -2.17. The molecule has 0 aromatic heterocycles. The van der Waals surface area contributed by atoms with Crippen molar-refractivity contribution in [1.29, 1.82) is 0 Å². The highest BCUT2D eigenvalue weighted by Crippen LogP contribution is 2.31. The molecule has 1 unspecified atom stereocenters. The summed E-state index contributed by atoms with van der Waals surface area (Å²) >= 11 is 3.11. The van der Waals surface area contributed by atoms with Crippen LogP contribution in [-0.2, 0) is 13.9 Å². The Bertz CT molecular complexity index is 426. The summed E-state index contributed by atoms with van der Waals surface area (Å²) in [5, 5.41) is 9.02. The topological polar surface area (TPSA) is 63.6 Å². The van der Waals surface area contributed by atoms with E-state index in [1.807, 2.05) is 0 Å². The number of carboxylic acid groups (broad SMARTS) is 1. The average Bonchev–Trinajstić information content (AvgIpc) is 2.28. The minimum Gasteiger partial charge on any atom is -0.480 e. The summed E-state index contributed by atoms with van der Waals surface area (Å²) in [5.74, 6) is -1.51. The molecule has 16 heavy (non-hydrogen) atoms. The first-order chi connectivity index (χ1) is 7.39. The number of benzene rings is 1. The first-order valence-corrected chi connectivity index (χ1v) is 5.30. The molecule has 1 aromatic rings. The van der Waals surface area contributed by atoms with Gasteiger partial charge >= 0.3 is 11.9 Å². The second-order valence-electron chi connectivity index (χ2n) is 3.38. The van der Waals surface area contributed by atoms with Gasteiger partial charge in [-0.2, -0.15) is 0 Å². The Morgan fingerprint density at radius 2 is 2.06 bits per heavy atom. The van der Waals surface area contributed by atoms with Crippen molar-refractivity contribution in [3.8, 4) is 0 Å². The van der Waals surface area contributed by atoms with E-state index in [2.05, 4.69) is 20.7 Å². The third-order valence-corrected chi connectivity index (χ3v) is 3.02. The highest BCUT2D eigenvalue weighted by molar-refractivity contribution is 9.10. The highest BCUT2D eigenvalue weighted by atomic mass is 79.9. The van der Waals surface area contributed by atoms with E-state index in [0.717, 1.165) is 0 Å². The lowest BCUT2D eigenvalue weighted by molar-refractivity contribution is -0.139. The van der Waals surface area contributed by atoms with Gasteiger partial charge in [0.1, 0.15) is 4.32 Å². The third kappa shape index (κ3) is 2.41. The largest absolute Gasteiger partial charge is 0.480 e. The van der Waals surface area contributed by atoms with E-state index >= 15 is 0 Å². The number of halogens is 1. The number of alkyl halides is 1. The predicted octanol–water partition coefficient (Wildman–Crippen LogP) is 2.17. The maximum absolute atomic E-state index is 11.3. The number of ether oxygens (including phenoxy) is 1. The van der Waals surface area contributed by atoms with Crippen molar-refractivity contribution in [3.63, 3.8) is 0 Å². The van der Waals surface area contributed by atoms with Crippen LogP contribution in [0.2, 0.25) is 0 Å². The maximum Gasteiger partial charge on any atom is 0.337 e. The molecule has 1 aromatic carbocycles. The molecule has 0 bridgehead atoms. The van der Waals surface area contributed by atoms with Crippen molar-refractivity contribution >= 4 is 27.9 Å². The van der Waals surface area contributed by atoms with Crippen molar-refractivity contribution in [3.05, 3.63) is 35.4 Å². The van der Waals surface area contributed by atoms with Gasteiger partial charge in [0.25, 0.3) is 0 Å². The van der Waals surface area contributed by atoms with Crippen LogP contribution in [0.4, 0.5) is 0 Å². The summed E-state index contributed by atoms with van der Waals surface area (Å²) in [6.07, 6.45) is 0. The van der Waals surface area contributed by atoms with E-state index in [-0.39, 0.29) is 0 Å². The van der Waals surface area contributed by atoms with Crippen LogP contribution in [0.15, 0.2) is 24.3 Å². The van der Waals surface area contributed by atoms with Crippen molar-refractivity contribution < 1.29 is 19.4 Å². The van der Waals surface area contributed by atoms with E-state index in [1.54, 1.807) is 18.2 Å². The van der Waals surface area contributed by atoms with Gasteiger partial charge < -0.3 is 9.84 Å². The van der Waals surface area contributed by atoms with Crippen LogP contribution in [0, 0.1) is 0 Å². The Morgan fingerprint density at radius 3 is 2.56 bits per heavy atom. The first kappa shape index (κ1) is 12.7. The highest BCUT2D eigenvalue weighted by Gasteiger charge is 2.32. The molecule has 0 fully saturated rings. The summed E-state index contributed by atoms with van der Waals surface area (Å²) in [5.41, 5.74) is 0.815. The van der Waals surface area contributed by atoms with Crippen LogP contribution in [0.1, 0.15) is 22.8 Å². The van der Waals surface area contributed by atoms with E-state index in [0.29, 0.717) is 11.1 Å². The van der Waals surface area contributed by atoms with Crippen LogP contribution < -0.4 is 0 Å². The zero-order valence-corrected chi connectivity index (χ0v) is 10.4. The van der Waals surface area contributed by atoms with Crippen molar-refractivity contribution in [2.24, 2.45) is 0 Å². The van der Waals surface area contributed by atoms with Crippen LogP contribution in [0.5, 0.6) is 0 Å². The number of carbonyl (C=O) groups excluding carboxylic acids is 1. The fourth-order valence-corrected chi connectivity index (χ4v) is 1.43. The number of carboxylic acids is 1. The number of carbonyl (C=O) groups is 2. The molecule has 0 aliphatic heterocycles. The monoisotopic (exact) mass is 286 g/mol. The van der Waals surface area contributed by atoms with Gasteiger partial charge in [0.05, 0.1) is 12.7 Å². The number of methoxy groups -OCH3 is 1. The van der Waals surface area contributed by atoms with E-state index in [4.69, 9.17) is 5.11 Å². The first-order valence-electron chi connectivity index (χ1n) is 4.50. The Morgan fingerprint density at radius 1 is 1.44 bits per heavy atom. The molecule has 0 amide bonds. The van der Waals surface area contributed by atoms with Crippen molar-refractivity contribution in [2.45, 2.75) is 11.2 Å². The number of hydrogen-bond acceptors (Lipinski definition) is 3. The minimum absolute atomic E-state index is 0.326. The van der Waals surface area contributed by atoms with Crippen LogP contribution in [0.25, 0.3) is 0 Å². The van der Waals surface area contributed by atoms with Gasteiger partial charge in [0, 0.05) is 0 Å². The number of aliphatic carboxylic acids is 1. The number of hydrogen-bond donors (Lipinski definition) is 1. The summed E-state index contributed by atoms with van der Waals surface area (Å²) in [7, 11) is 1.28. The van der Waals surface area contributed by atoms with Gasteiger partial charge in [0.15, 0.2) is 0 Å².